The standard InChI is InChI=1S/C13H15NO3/c1-8-10-6-9(17-3)4-5-11(10)14(2)12(8)7-13(15)16/h4-6H,7H2,1-3H3,(H,15,16). The number of aryl methyl sites for hydroxylation is 2. The molecule has 2 aromatic rings. The average molecular weight is 233 g/mol. The lowest BCUT2D eigenvalue weighted by molar-refractivity contribution is -0.136. The van der Waals surface area contributed by atoms with Gasteiger partial charge in [0.1, 0.15) is 5.75 Å². The number of methoxy groups -OCH3 is 1. The summed E-state index contributed by atoms with van der Waals surface area (Å²) in [6.07, 6.45) is 0.0410. The largest absolute Gasteiger partial charge is 0.497 e. The van der Waals surface area contributed by atoms with Crippen LogP contribution >= 0.6 is 0 Å². The number of aromatic nitrogens is 1. The third-order valence-corrected chi connectivity index (χ3v) is 3.13. The molecule has 0 atom stereocenters. The molecule has 17 heavy (non-hydrogen) atoms. The highest BCUT2D eigenvalue weighted by molar-refractivity contribution is 5.88. The van der Waals surface area contributed by atoms with Crippen LogP contribution < -0.4 is 4.74 Å². The summed E-state index contributed by atoms with van der Waals surface area (Å²) in [6, 6.07) is 5.77. The summed E-state index contributed by atoms with van der Waals surface area (Å²) < 4.78 is 7.11. The second kappa shape index (κ2) is 4.13. The zero-order valence-electron chi connectivity index (χ0n) is 10.2. The van der Waals surface area contributed by atoms with Crippen LogP contribution in [0, 0.1) is 6.92 Å². The van der Waals surface area contributed by atoms with Gasteiger partial charge in [0.15, 0.2) is 0 Å². The van der Waals surface area contributed by atoms with E-state index < -0.39 is 5.97 Å². The molecule has 1 aromatic heterocycles. The number of hydrogen-bond donors (Lipinski definition) is 1. The molecule has 1 N–H and O–H groups in total. The van der Waals surface area contributed by atoms with Crippen LogP contribution in [0.4, 0.5) is 0 Å². The topological polar surface area (TPSA) is 51.5 Å². The van der Waals surface area contributed by atoms with Crippen molar-refractivity contribution in [3.63, 3.8) is 0 Å². The van der Waals surface area contributed by atoms with E-state index in [1.165, 1.54) is 0 Å². The Morgan fingerprint density at radius 2 is 2.18 bits per heavy atom. The Morgan fingerprint density at radius 3 is 2.76 bits per heavy atom. The number of ether oxygens (including phenoxy) is 1. The van der Waals surface area contributed by atoms with Gasteiger partial charge in [0.2, 0.25) is 0 Å². The predicted octanol–water partition coefficient (Wildman–Crippen LogP) is 2.12. The van der Waals surface area contributed by atoms with Gasteiger partial charge in [-0.15, -0.1) is 0 Å². The first-order valence-corrected chi connectivity index (χ1v) is 5.38. The number of carbonyl (C=O) groups is 1. The quantitative estimate of drug-likeness (QED) is 0.883. The minimum Gasteiger partial charge on any atom is -0.497 e. The van der Waals surface area contributed by atoms with E-state index >= 15 is 0 Å². The molecule has 0 saturated heterocycles. The number of rotatable bonds is 3. The van der Waals surface area contributed by atoms with Gasteiger partial charge in [0.25, 0.3) is 0 Å². The van der Waals surface area contributed by atoms with Crippen molar-refractivity contribution >= 4 is 16.9 Å². The summed E-state index contributed by atoms with van der Waals surface area (Å²) in [5.74, 6) is -0.0287. The van der Waals surface area contributed by atoms with E-state index in [1.54, 1.807) is 7.11 Å². The van der Waals surface area contributed by atoms with Gasteiger partial charge in [-0.2, -0.15) is 0 Å². The Morgan fingerprint density at radius 1 is 1.47 bits per heavy atom. The number of fused-ring (bicyclic) bond motifs is 1. The average Bonchev–Trinajstić information content (AvgIpc) is 2.53. The molecule has 0 aliphatic heterocycles. The van der Waals surface area contributed by atoms with Crippen LogP contribution in [0.25, 0.3) is 10.9 Å². The van der Waals surface area contributed by atoms with Gasteiger partial charge in [0.05, 0.1) is 13.5 Å². The molecular formula is C13H15NO3. The number of aliphatic carboxylic acids is 1. The van der Waals surface area contributed by atoms with Gasteiger partial charge < -0.3 is 14.4 Å². The molecule has 4 heteroatoms. The molecule has 1 aromatic carbocycles. The maximum Gasteiger partial charge on any atom is 0.309 e. The van der Waals surface area contributed by atoms with Gasteiger partial charge in [-0.25, -0.2) is 0 Å². The first kappa shape index (κ1) is 11.5. The van der Waals surface area contributed by atoms with Crippen molar-refractivity contribution in [3.05, 3.63) is 29.5 Å². The lowest BCUT2D eigenvalue weighted by atomic mass is 10.1. The normalized spacial score (nSPS) is 10.8. The molecule has 0 radical (unpaired) electrons. The SMILES string of the molecule is COc1ccc2c(c1)c(C)c(CC(=O)O)n2C. The summed E-state index contributed by atoms with van der Waals surface area (Å²) in [6.45, 7) is 1.94. The Balaban J connectivity index is 2.66. The Labute approximate surface area is 99.4 Å². The summed E-state index contributed by atoms with van der Waals surface area (Å²) in [5.41, 5.74) is 2.86. The van der Waals surface area contributed by atoms with Crippen LogP contribution in [0.15, 0.2) is 18.2 Å². The van der Waals surface area contributed by atoms with E-state index in [-0.39, 0.29) is 6.42 Å². The van der Waals surface area contributed by atoms with Crippen molar-refractivity contribution in [1.29, 1.82) is 0 Å². The zero-order valence-corrected chi connectivity index (χ0v) is 10.2. The molecule has 0 spiro atoms. The highest BCUT2D eigenvalue weighted by atomic mass is 16.5. The van der Waals surface area contributed by atoms with Crippen molar-refractivity contribution < 1.29 is 14.6 Å². The fraction of sp³-hybridized carbons (Fsp3) is 0.308. The maximum absolute atomic E-state index is 10.8. The molecular weight excluding hydrogens is 218 g/mol. The number of carboxylic acid groups (broad SMARTS) is 1. The van der Waals surface area contributed by atoms with E-state index in [0.717, 1.165) is 27.9 Å². The zero-order chi connectivity index (χ0) is 12.6. The van der Waals surface area contributed by atoms with Crippen LogP contribution in [0.2, 0.25) is 0 Å². The summed E-state index contributed by atoms with van der Waals surface area (Å²) >= 11 is 0. The first-order chi connectivity index (χ1) is 8.04. The Bertz CT molecular complexity index is 584. The number of nitrogens with zero attached hydrogens (tertiary/aromatic N) is 1. The van der Waals surface area contributed by atoms with Gasteiger partial charge >= 0.3 is 5.97 Å². The minimum absolute atomic E-state index is 0.0410. The van der Waals surface area contributed by atoms with Gasteiger partial charge in [-0.1, -0.05) is 0 Å². The number of benzene rings is 1. The fourth-order valence-corrected chi connectivity index (χ4v) is 2.18. The molecule has 1 heterocycles. The van der Waals surface area contributed by atoms with E-state index in [4.69, 9.17) is 9.84 Å². The smallest absolute Gasteiger partial charge is 0.309 e. The van der Waals surface area contributed by atoms with Crippen LogP contribution in [0.3, 0.4) is 0 Å². The molecule has 0 aliphatic carbocycles. The lowest BCUT2D eigenvalue weighted by Crippen LogP contribution is -2.06. The lowest BCUT2D eigenvalue weighted by Gasteiger charge is -2.02. The fourth-order valence-electron chi connectivity index (χ4n) is 2.18. The van der Waals surface area contributed by atoms with Crippen molar-refractivity contribution in [2.24, 2.45) is 7.05 Å². The van der Waals surface area contributed by atoms with Crippen LogP contribution in [0.1, 0.15) is 11.3 Å². The van der Waals surface area contributed by atoms with E-state index in [0.29, 0.717) is 0 Å². The van der Waals surface area contributed by atoms with Crippen LogP contribution in [-0.4, -0.2) is 22.8 Å². The maximum atomic E-state index is 10.8. The summed E-state index contributed by atoms with van der Waals surface area (Å²) in [4.78, 5) is 10.8. The third kappa shape index (κ3) is 1.86. The highest BCUT2D eigenvalue weighted by Gasteiger charge is 2.14. The summed E-state index contributed by atoms with van der Waals surface area (Å²) in [7, 11) is 3.51. The monoisotopic (exact) mass is 233 g/mol. The van der Waals surface area contributed by atoms with E-state index in [2.05, 4.69) is 0 Å². The predicted molar refractivity (Wildman–Crippen MR) is 65.5 cm³/mol. The highest BCUT2D eigenvalue weighted by Crippen LogP contribution is 2.28. The van der Waals surface area contributed by atoms with Crippen molar-refractivity contribution in [2.75, 3.05) is 7.11 Å². The molecule has 4 nitrogen and oxygen atoms in total. The number of hydrogen-bond acceptors (Lipinski definition) is 2. The summed E-state index contributed by atoms with van der Waals surface area (Å²) in [5, 5.41) is 9.95. The minimum atomic E-state index is -0.814. The molecule has 2 rings (SSSR count). The van der Waals surface area contributed by atoms with Gasteiger partial charge in [0, 0.05) is 23.6 Å². The van der Waals surface area contributed by atoms with E-state index in [1.807, 2.05) is 36.7 Å². The van der Waals surface area contributed by atoms with E-state index in [9.17, 15) is 4.79 Å². The third-order valence-electron chi connectivity index (χ3n) is 3.13. The molecule has 0 saturated carbocycles. The first-order valence-electron chi connectivity index (χ1n) is 5.38. The van der Waals surface area contributed by atoms with Crippen molar-refractivity contribution in [3.8, 4) is 5.75 Å². The Hall–Kier alpha value is -1.97. The molecule has 0 unspecified atom stereocenters. The second-order valence-corrected chi connectivity index (χ2v) is 4.08. The molecule has 0 fully saturated rings. The molecule has 0 amide bonds. The number of carboxylic acids is 1. The van der Waals surface area contributed by atoms with Gasteiger partial charge in [-0.3, -0.25) is 4.79 Å². The van der Waals surface area contributed by atoms with Crippen molar-refractivity contribution in [2.45, 2.75) is 13.3 Å². The van der Waals surface area contributed by atoms with Crippen molar-refractivity contribution in [1.82, 2.24) is 4.57 Å². The molecule has 0 aliphatic rings. The molecule has 90 valence electrons. The second-order valence-electron chi connectivity index (χ2n) is 4.08. The van der Waals surface area contributed by atoms with Crippen LogP contribution in [0.5, 0.6) is 5.75 Å². The van der Waals surface area contributed by atoms with Crippen LogP contribution in [-0.2, 0) is 18.3 Å². The molecule has 0 bridgehead atoms. The Kier molecular flexibility index (Phi) is 2.79. The van der Waals surface area contributed by atoms with Gasteiger partial charge in [-0.05, 0) is 30.7 Å².